The lowest BCUT2D eigenvalue weighted by Gasteiger charge is -2.28. The molecule has 0 saturated carbocycles. The minimum absolute atomic E-state index is 0.194. The number of pyridine rings is 3. The average Bonchev–Trinajstić information content (AvgIpc) is 3.63. The second-order valence-electron chi connectivity index (χ2n) is 10.7. The summed E-state index contributed by atoms with van der Waals surface area (Å²) in [7, 11) is 1.68. The average molecular weight is 566 g/mol. The van der Waals surface area contributed by atoms with Gasteiger partial charge >= 0.3 is 0 Å². The van der Waals surface area contributed by atoms with Crippen molar-refractivity contribution in [2.45, 2.75) is 25.9 Å². The zero-order valence-electron chi connectivity index (χ0n) is 23.3. The summed E-state index contributed by atoms with van der Waals surface area (Å²) in [4.78, 5) is 37.9. The number of hydrogen-bond acceptors (Lipinski definition) is 8. The maximum atomic E-state index is 13.6. The fraction of sp³-hybridized carbons (Fsp3) is 0.290. The molecular formula is C31H31N7O4. The van der Waals surface area contributed by atoms with E-state index < -0.39 is 0 Å². The van der Waals surface area contributed by atoms with Crippen LogP contribution in [0.3, 0.4) is 0 Å². The highest BCUT2D eigenvalue weighted by molar-refractivity contribution is 5.73. The van der Waals surface area contributed by atoms with Gasteiger partial charge in [0.25, 0.3) is 11.1 Å². The van der Waals surface area contributed by atoms with Crippen LogP contribution in [0.15, 0.2) is 70.9 Å². The lowest BCUT2D eigenvalue weighted by molar-refractivity contribution is 0.122. The number of ether oxygens (including phenoxy) is 1. The van der Waals surface area contributed by atoms with E-state index in [1.54, 1.807) is 44.0 Å². The van der Waals surface area contributed by atoms with E-state index in [1.165, 1.54) is 20.4 Å². The Morgan fingerprint density at radius 2 is 1.88 bits per heavy atom. The van der Waals surface area contributed by atoms with E-state index in [-0.39, 0.29) is 17.7 Å². The van der Waals surface area contributed by atoms with Gasteiger partial charge in [-0.3, -0.25) is 14.2 Å². The molecule has 6 heterocycles. The van der Waals surface area contributed by atoms with Crippen LogP contribution in [0.1, 0.15) is 23.2 Å². The predicted octanol–water partition coefficient (Wildman–Crippen LogP) is 2.81. The fourth-order valence-corrected chi connectivity index (χ4v) is 6.06. The number of aryl methyl sites for hydroxylation is 3. The first-order chi connectivity index (χ1) is 20.5. The van der Waals surface area contributed by atoms with Gasteiger partial charge in [-0.25, -0.2) is 9.97 Å². The molecule has 11 nitrogen and oxygen atoms in total. The van der Waals surface area contributed by atoms with Gasteiger partial charge in [-0.1, -0.05) is 0 Å². The topological polar surface area (TPSA) is 119 Å². The van der Waals surface area contributed by atoms with Crippen LogP contribution >= 0.6 is 0 Å². The number of fused-ring (bicyclic) bond motifs is 3. The maximum Gasteiger partial charge on any atom is 0.280 e. The van der Waals surface area contributed by atoms with Gasteiger partial charge in [-0.2, -0.15) is 0 Å². The summed E-state index contributed by atoms with van der Waals surface area (Å²) in [6.07, 6.45) is 11.7. The highest BCUT2D eigenvalue weighted by Gasteiger charge is 2.21. The Hall–Kier alpha value is -4.74. The van der Waals surface area contributed by atoms with Gasteiger partial charge in [0.2, 0.25) is 0 Å². The maximum absolute atomic E-state index is 13.6. The summed E-state index contributed by atoms with van der Waals surface area (Å²) in [6, 6.07) is 9.31. The van der Waals surface area contributed by atoms with E-state index >= 15 is 0 Å². The van der Waals surface area contributed by atoms with Gasteiger partial charge in [-0.15, -0.1) is 0 Å². The molecule has 0 bridgehead atoms. The third-order valence-corrected chi connectivity index (χ3v) is 8.19. The Kier molecular flexibility index (Phi) is 6.60. The first kappa shape index (κ1) is 26.2. The van der Waals surface area contributed by atoms with Crippen molar-refractivity contribution in [3.05, 3.63) is 98.8 Å². The minimum Gasteiger partial charge on any atom is -0.392 e. The van der Waals surface area contributed by atoms with Crippen molar-refractivity contribution in [2.75, 3.05) is 36.5 Å². The van der Waals surface area contributed by atoms with E-state index in [4.69, 9.17) is 4.74 Å². The number of nitrogens with one attached hydrogen (secondary N) is 1. The number of hydrogen-bond donors (Lipinski definition) is 2. The molecule has 0 aromatic carbocycles. The van der Waals surface area contributed by atoms with E-state index in [2.05, 4.69) is 20.2 Å². The van der Waals surface area contributed by atoms with Crippen LogP contribution in [0.25, 0.3) is 22.5 Å². The molecule has 1 saturated heterocycles. The Labute approximate surface area is 241 Å². The van der Waals surface area contributed by atoms with Crippen LogP contribution in [-0.2, 0) is 31.2 Å². The number of morpholine rings is 1. The highest BCUT2D eigenvalue weighted by atomic mass is 16.5. The molecule has 7 rings (SSSR count). The van der Waals surface area contributed by atoms with Gasteiger partial charge in [0, 0.05) is 61.7 Å². The summed E-state index contributed by atoms with van der Waals surface area (Å²) in [5, 5.41) is 13.7. The second-order valence-corrected chi connectivity index (χ2v) is 10.7. The lowest BCUT2D eigenvalue weighted by atomic mass is 10.0. The molecule has 0 radical (unpaired) electrons. The van der Waals surface area contributed by atoms with Gasteiger partial charge in [-0.05, 0) is 60.7 Å². The van der Waals surface area contributed by atoms with Crippen molar-refractivity contribution in [3.63, 3.8) is 0 Å². The quantitative estimate of drug-likeness (QED) is 0.323. The molecule has 11 heteroatoms. The molecule has 5 aromatic heterocycles. The van der Waals surface area contributed by atoms with Crippen LogP contribution in [0.5, 0.6) is 0 Å². The van der Waals surface area contributed by atoms with Crippen molar-refractivity contribution in [3.8, 4) is 16.9 Å². The number of anilines is 3. The van der Waals surface area contributed by atoms with Gasteiger partial charge in [0.15, 0.2) is 0 Å². The standard InChI is InChI=1S/C31H31N7O4/c1-35-18-21(15-25(30(35)40)34-28-6-5-22(17-33-28)36-11-13-42-14-12-36)23-7-8-32-29(24(23)19-39)38-10-9-37-26-4-2-3-20(26)16-27(37)31(38)41/h5-10,15-18,39H,2-4,11-14,19H2,1H3,(H,33,34). The molecule has 0 unspecified atom stereocenters. The molecule has 2 aliphatic rings. The van der Waals surface area contributed by atoms with Crippen molar-refractivity contribution in [2.24, 2.45) is 7.05 Å². The van der Waals surface area contributed by atoms with E-state index in [0.29, 0.717) is 52.7 Å². The second kappa shape index (κ2) is 10.6. The van der Waals surface area contributed by atoms with Crippen molar-refractivity contribution >= 4 is 22.7 Å². The Balaban J connectivity index is 1.25. The minimum atomic E-state index is -0.343. The molecule has 5 aromatic rings. The third-order valence-electron chi connectivity index (χ3n) is 8.19. The first-order valence-corrected chi connectivity index (χ1v) is 14.1. The predicted molar refractivity (Wildman–Crippen MR) is 160 cm³/mol. The zero-order valence-corrected chi connectivity index (χ0v) is 23.3. The molecule has 1 fully saturated rings. The number of nitrogens with zero attached hydrogens (tertiary/aromatic N) is 6. The smallest absolute Gasteiger partial charge is 0.280 e. The van der Waals surface area contributed by atoms with Crippen LogP contribution < -0.4 is 21.3 Å². The molecule has 214 valence electrons. The molecule has 1 aliphatic heterocycles. The molecule has 0 spiro atoms. The fourth-order valence-electron chi connectivity index (χ4n) is 6.06. The monoisotopic (exact) mass is 565 g/mol. The number of rotatable bonds is 6. The van der Waals surface area contributed by atoms with Crippen molar-refractivity contribution < 1.29 is 9.84 Å². The number of aromatic nitrogens is 5. The summed E-state index contributed by atoms with van der Waals surface area (Å²) < 4.78 is 10.4. The van der Waals surface area contributed by atoms with Gasteiger partial charge in [0.05, 0.1) is 31.7 Å². The SMILES string of the molecule is Cn1cc(-c2ccnc(-n3ccn4c5c(cc4c3=O)CCC5)c2CO)cc(Nc2ccc(N3CCOCC3)cn2)c1=O. The largest absolute Gasteiger partial charge is 0.392 e. The Morgan fingerprint density at radius 1 is 1.02 bits per heavy atom. The van der Waals surface area contributed by atoms with Gasteiger partial charge < -0.3 is 29.0 Å². The lowest BCUT2D eigenvalue weighted by Crippen LogP contribution is -2.36. The summed E-state index contributed by atoms with van der Waals surface area (Å²) in [6.45, 7) is 2.65. The normalized spacial score (nSPS) is 14.9. The Bertz CT molecular complexity index is 1920. The van der Waals surface area contributed by atoms with Crippen LogP contribution in [0, 0.1) is 0 Å². The third kappa shape index (κ3) is 4.47. The molecule has 2 N–H and O–H groups in total. The van der Waals surface area contributed by atoms with Gasteiger partial charge in [0.1, 0.15) is 22.8 Å². The number of aliphatic hydroxyl groups is 1. The molecular weight excluding hydrogens is 534 g/mol. The number of aliphatic hydroxyl groups excluding tert-OH is 1. The Morgan fingerprint density at radius 3 is 2.67 bits per heavy atom. The molecule has 0 amide bonds. The molecule has 1 aliphatic carbocycles. The zero-order chi connectivity index (χ0) is 28.8. The molecule has 0 atom stereocenters. The van der Waals surface area contributed by atoms with Crippen molar-refractivity contribution in [1.82, 2.24) is 23.5 Å². The van der Waals surface area contributed by atoms with E-state index in [0.717, 1.165) is 38.0 Å². The highest BCUT2D eigenvalue weighted by Crippen LogP contribution is 2.29. The van der Waals surface area contributed by atoms with Crippen LogP contribution in [0.4, 0.5) is 17.2 Å². The van der Waals surface area contributed by atoms with E-state index in [9.17, 15) is 14.7 Å². The van der Waals surface area contributed by atoms with E-state index in [1.807, 2.05) is 28.8 Å². The molecule has 42 heavy (non-hydrogen) atoms. The summed E-state index contributed by atoms with van der Waals surface area (Å²) in [5.74, 6) is 0.894. The van der Waals surface area contributed by atoms with Crippen LogP contribution in [0.2, 0.25) is 0 Å². The summed E-state index contributed by atoms with van der Waals surface area (Å²) in [5.41, 5.74) is 5.76. The van der Waals surface area contributed by atoms with Crippen LogP contribution in [-0.4, -0.2) is 54.9 Å². The van der Waals surface area contributed by atoms with Crippen molar-refractivity contribution in [1.29, 1.82) is 0 Å². The first-order valence-electron chi connectivity index (χ1n) is 14.1. The summed E-state index contributed by atoms with van der Waals surface area (Å²) >= 11 is 0.